The van der Waals surface area contributed by atoms with Gasteiger partial charge in [-0.15, -0.1) is 0 Å². The smallest absolute Gasteiger partial charge is 0.240 e. The van der Waals surface area contributed by atoms with E-state index in [4.69, 9.17) is 14.9 Å². The summed E-state index contributed by atoms with van der Waals surface area (Å²) in [6.07, 6.45) is 4.47. The van der Waals surface area contributed by atoms with E-state index in [0.29, 0.717) is 0 Å². The molecule has 0 aromatic carbocycles. The molecule has 1 heterocycles. The first-order chi connectivity index (χ1) is 8.21. The van der Waals surface area contributed by atoms with Gasteiger partial charge in [0.15, 0.2) is 6.23 Å². The summed E-state index contributed by atoms with van der Waals surface area (Å²) in [6, 6.07) is -0.638. The number of nitrogens with one attached hydrogen (secondary N) is 1. The van der Waals surface area contributed by atoms with Crippen molar-refractivity contribution in [1.29, 1.82) is 0 Å². The van der Waals surface area contributed by atoms with Crippen molar-refractivity contribution in [2.45, 2.75) is 12.3 Å². The van der Waals surface area contributed by atoms with Crippen LogP contribution in [-0.4, -0.2) is 66.5 Å². The first kappa shape index (κ1) is 13.6. The molecular weight excluding hydrogens is 226 g/mol. The number of rotatable bonds is 6. The van der Waals surface area contributed by atoms with Crippen molar-refractivity contribution in [3.05, 3.63) is 12.3 Å². The monoisotopic (exact) mass is 243 g/mol. The maximum Gasteiger partial charge on any atom is 0.240 e. The Balaban J connectivity index is 2.45. The Kier molecular flexibility index (Phi) is 5.61. The van der Waals surface area contributed by atoms with E-state index in [9.17, 15) is 4.79 Å². The zero-order chi connectivity index (χ0) is 12.7. The molecule has 0 bridgehead atoms. The van der Waals surface area contributed by atoms with Gasteiger partial charge in [0.25, 0.3) is 0 Å². The van der Waals surface area contributed by atoms with Crippen molar-refractivity contribution < 1.29 is 19.7 Å². The lowest BCUT2D eigenvalue weighted by Crippen LogP contribution is -2.47. The molecule has 1 atom stereocenters. The normalized spacial score (nSPS) is 18.8. The molecule has 7 nitrogen and oxygen atoms in total. The Hall–Kier alpha value is -1.44. The van der Waals surface area contributed by atoms with Crippen molar-refractivity contribution >= 4 is 12.2 Å². The molecule has 0 aromatic rings. The largest absolute Gasteiger partial charge is 0.394 e. The van der Waals surface area contributed by atoms with Crippen LogP contribution in [0.4, 0.5) is 0 Å². The average molecular weight is 243 g/mol. The Morgan fingerprint density at radius 1 is 1.59 bits per heavy atom. The summed E-state index contributed by atoms with van der Waals surface area (Å²) < 4.78 is 5.13. The highest BCUT2D eigenvalue weighted by Crippen LogP contribution is 2.04. The number of nitrogens with zero attached hydrogens (tertiary/aromatic N) is 2. The first-order valence-electron chi connectivity index (χ1n) is 5.20. The number of carbonyl (C=O) groups is 1. The van der Waals surface area contributed by atoms with Crippen LogP contribution in [-0.2, 0) is 9.53 Å². The van der Waals surface area contributed by atoms with E-state index in [1.165, 1.54) is 13.4 Å². The maximum absolute atomic E-state index is 11.6. The van der Waals surface area contributed by atoms with E-state index < -0.39 is 6.04 Å². The highest BCUT2D eigenvalue weighted by atomic mass is 16.5. The second-order valence-electron chi connectivity index (χ2n) is 3.53. The van der Waals surface area contributed by atoms with Crippen molar-refractivity contribution in [3.8, 4) is 0 Å². The van der Waals surface area contributed by atoms with Crippen molar-refractivity contribution in [1.82, 2.24) is 10.2 Å². The molecule has 17 heavy (non-hydrogen) atoms. The van der Waals surface area contributed by atoms with Crippen LogP contribution in [0.15, 0.2) is 17.3 Å². The lowest BCUT2D eigenvalue weighted by atomic mass is 10.3. The van der Waals surface area contributed by atoms with Crippen molar-refractivity contribution in [2.24, 2.45) is 4.99 Å². The number of aliphatic hydroxyl groups excluding tert-OH is 2. The summed E-state index contributed by atoms with van der Waals surface area (Å²) in [6.45, 7) is -0.559. The molecule has 0 aliphatic carbocycles. The molecule has 0 spiro atoms. The van der Waals surface area contributed by atoms with Gasteiger partial charge in [-0.1, -0.05) is 0 Å². The van der Waals surface area contributed by atoms with E-state index in [1.54, 1.807) is 17.2 Å². The molecule has 3 N–H and O–H groups in total. The van der Waals surface area contributed by atoms with Gasteiger partial charge in [0.2, 0.25) is 5.91 Å². The zero-order valence-corrected chi connectivity index (χ0v) is 9.61. The van der Waals surface area contributed by atoms with Crippen LogP contribution in [0.1, 0.15) is 0 Å². The lowest BCUT2D eigenvalue weighted by molar-refractivity contribution is -0.124. The molecule has 1 amide bonds. The molecular formula is C10H17N3O4. The van der Waals surface area contributed by atoms with E-state index in [0.717, 1.165) is 0 Å². The number of hydrogen-bond acceptors (Lipinski definition) is 6. The number of aliphatic imine (C=N–C) groups is 1. The number of amides is 1. The minimum atomic E-state index is -0.638. The Morgan fingerprint density at radius 2 is 2.29 bits per heavy atom. The van der Waals surface area contributed by atoms with Gasteiger partial charge in [0.05, 0.1) is 25.6 Å². The molecule has 96 valence electrons. The standard InChI is InChI=1S/C10H17N3O4/c1-17-10-2-3-11-7-13(10)4-9(16)12-8(5-14)6-15/h2-3,7-8,10,14-15H,4-6H2,1H3,(H,12,16). The number of carbonyl (C=O) groups excluding carboxylic acids is 1. The molecule has 0 saturated carbocycles. The van der Waals surface area contributed by atoms with Gasteiger partial charge in [-0.05, 0) is 6.08 Å². The molecule has 0 saturated heterocycles. The SMILES string of the molecule is COC1C=CN=CN1CC(=O)NC(CO)CO. The number of hydrogen-bond donors (Lipinski definition) is 3. The van der Waals surface area contributed by atoms with Gasteiger partial charge >= 0.3 is 0 Å². The van der Waals surface area contributed by atoms with Gasteiger partial charge in [0, 0.05) is 13.3 Å². The lowest BCUT2D eigenvalue weighted by Gasteiger charge is -2.27. The van der Waals surface area contributed by atoms with Gasteiger partial charge < -0.3 is 25.2 Å². The third-order valence-electron chi connectivity index (χ3n) is 2.25. The van der Waals surface area contributed by atoms with Gasteiger partial charge in [-0.2, -0.15) is 0 Å². The van der Waals surface area contributed by atoms with E-state index >= 15 is 0 Å². The Bertz CT molecular complexity index is 302. The summed E-state index contributed by atoms with van der Waals surface area (Å²) >= 11 is 0. The van der Waals surface area contributed by atoms with E-state index in [2.05, 4.69) is 10.3 Å². The summed E-state index contributed by atoms with van der Waals surface area (Å²) in [7, 11) is 1.53. The topological polar surface area (TPSA) is 94.4 Å². The molecule has 0 fully saturated rings. The summed E-state index contributed by atoms with van der Waals surface area (Å²) in [5.41, 5.74) is 0. The predicted molar refractivity (Wildman–Crippen MR) is 61.2 cm³/mol. The third-order valence-corrected chi connectivity index (χ3v) is 2.25. The molecule has 0 aromatic heterocycles. The summed E-state index contributed by atoms with van der Waals surface area (Å²) in [4.78, 5) is 17.1. The maximum atomic E-state index is 11.6. The molecule has 1 aliphatic heterocycles. The van der Waals surface area contributed by atoms with Gasteiger partial charge in [-0.25, -0.2) is 4.99 Å². The molecule has 1 rings (SSSR count). The number of aliphatic hydroxyl groups is 2. The van der Waals surface area contributed by atoms with Crippen LogP contribution in [0.3, 0.4) is 0 Å². The highest BCUT2D eigenvalue weighted by Gasteiger charge is 2.19. The fourth-order valence-corrected chi connectivity index (χ4v) is 1.36. The molecule has 1 unspecified atom stereocenters. The fourth-order valence-electron chi connectivity index (χ4n) is 1.36. The molecule has 0 radical (unpaired) electrons. The Labute approximate surface area is 99.4 Å². The molecule has 1 aliphatic rings. The quantitative estimate of drug-likeness (QED) is 0.516. The third kappa shape index (κ3) is 4.14. The zero-order valence-electron chi connectivity index (χ0n) is 9.61. The average Bonchev–Trinajstić information content (AvgIpc) is 2.36. The minimum Gasteiger partial charge on any atom is -0.394 e. The number of methoxy groups -OCH3 is 1. The second kappa shape index (κ2) is 7.00. The second-order valence-corrected chi connectivity index (χ2v) is 3.53. The predicted octanol–water partition coefficient (Wildman–Crippen LogP) is -1.71. The van der Waals surface area contributed by atoms with Gasteiger partial charge in [-0.3, -0.25) is 4.79 Å². The van der Waals surface area contributed by atoms with Crippen LogP contribution in [0.5, 0.6) is 0 Å². The van der Waals surface area contributed by atoms with Crippen LogP contribution in [0.2, 0.25) is 0 Å². The van der Waals surface area contributed by atoms with Crippen molar-refractivity contribution in [3.63, 3.8) is 0 Å². The van der Waals surface area contributed by atoms with Crippen LogP contribution < -0.4 is 5.32 Å². The number of ether oxygens (including phenoxy) is 1. The highest BCUT2D eigenvalue weighted by molar-refractivity contribution is 5.81. The van der Waals surface area contributed by atoms with Gasteiger partial charge in [0.1, 0.15) is 6.54 Å². The summed E-state index contributed by atoms with van der Waals surface area (Å²) in [5, 5.41) is 20.1. The Morgan fingerprint density at radius 3 is 2.88 bits per heavy atom. The van der Waals surface area contributed by atoms with E-state index in [-0.39, 0.29) is 31.9 Å². The molecule has 7 heteroatoms. The van der Waals surface area contributed by atoms with Crippen LogP contribution >= 0.6 is 0 Å². The van der Waals surface area contributed by atoms with Crippen molar-refractivity contribution in [2.75, 3.05) is 26.9 Å². The minimum absolute atomic E-state index is 0.0445. The fraction of sp³-hybridized carbons (Fsp3) is 0.600. The van der Waals surface area contributed by atoms with Crippen LogP contribution in [0, 0.1) is 0 Å². The summed E-state index contributed by atoms with van der Waals surface area (Å²) in [5.74, 6) is -0.318. The first-order valence-corrected chi connectivity index (χ1v) is 5.20. The van der Waals surface area contributed by atoms with Crippen LogP contribution in [0.25, 0.3) is 0 Å². The van der Waals surface area contributed by atoms with E-state index in [1.807, 2.05) is 0 Å².